The Balaban J connectivity index is 1.59. The van der Waals surface area contributed by atoms with Gasteiger partial charge in [-0.05, 0) is 56.5 Å². The van der Waals surface area contributed by atoms with E-state index in [9.17, 15) is 13.2 Å². The van der Waals surface area contributed by atoms with Gasteiger partial charge in [-0.1, -0.05) is 18.5 Å². The molecular weight excluding hydrogens is 448 g/mol. The van der Waals surface area contributed by atoms with Gasteiger partial charge in [0.25, 0.3) is 5.91 Å². The summed E-state index contributed by atoms with van der Waals surface area (Å²) in [7, 11) is -1.26. The van der Waals surface area contributed by atoms with E-state index in [2.05, 4.69) is 9.88 Å². The molecule has 172 valence electrons. The van der Waals surface area contributed by atoms with Crippen molar-refractivity contribution < 1.29 is 13.2 Å². The molecule has 7 nitrogen and oxygen atoms in total. The molecule has 0 aliphatic carbocycles. The van der Waals surface area contributed by atoms with Crippen LogP contribution in [0.2, 0.25) is 5.02 Å². The molecule has 32 heavy (non-hydrogen) atoms. The number of carbonyl (C=O) groups is 1. The molecule has 1 saturated heterocycles. The maximum atomic E-state index is 13.2. The third-order valence-corrected chi connectivity index (χ3v) is 8.82. The normalized spacial score (nSPS) is 20.6. The van der Waals surface area contributed by atoms with Gasteiger partial charge in [0.15, 0.2) is 0 Å². The summed E-state index contributed by atoms with van der Waals surface area (Å²) in [6, 6.07) is 7.36. The van der Waals surface area contributed by atoms with E-state index in [0.29, 0.717) is 35.8 Å². The van der Waals surface area contributed by atoms with Crippen molar-refractivity contribution in [3.63, 3.8) is 0 Å². The summed E-state index contributed by atoms with van der Waals surface area (Å²) in [4.78, 5) is 21.5. The minimum absolute atomic E-state index is 0.0528. The SMILES string of the molecule is CCCS(=O)(=O)N1CC[C@H](N(C)c2cncc(N3C(=O)c4ccc(Cl)cc4C3(C)C)c2)C1. The minimum Gasteiger partial charge on any atom is -0.369 e. The number of sulfonamides is 1. The van der Waals surface area contributed by atoms with Crippen LogP contribution >= 0.6 is 11.6 Å². The Morgan fingerprint density at radius 3 is 2.72 bits per heavy atom. The standard InChI is InChI=1S/C23H29ClN4O3S/c1-5-10-32(30,31)27-9-8-17(15-27)26(4)18-12-19(14-25-13-18)28-22(29)20-7-6-16(24)11-21(20)23(28,2)3/h6-7,11-14,17H,5,8-10,15H2,1-4H3/t17-/m0/s1. The van der Waals surface area contributed by atoms with E-state index < -0.39 is 15.6 Å². The molecule has 0 saturated carbocycles. The number of carbonyl (C=O) groups excluding carboxylic acids is 1. The van der Waals surface area contributed by atoms with Crippen molar-refractivity contribution in [1.29, 1.82) is 0 Å². The first-order valence-electron chi connectivity index (χ1n) is 10.9. The van der Waals surface area contributed by atoms with Gasteiger partial charge in [0.1, 0.15) is 0 Å². The highest BCUT2D eigenvalue weighted by Gasteiger charge is 2.44. The summed E-state index contributed by atoms with van der Waals surface area (Å²) in [5.41, 5.74) is 2.51. The summed E-state index contributed by atoms with van der Waals surface area (Å²) in [6.45, 7) is 6.86. The van der Waals surface area contributed by atoms with Gasteiger partial charge in [-0.3, -0.25) is 14.7 Å². The number of hydrogen-bond donors (Lipinski definition) is 0. The number of likely N-dealkylation sites (N-methyl/N-ethyl adjacent to an activating group) is 1. The smallest absolute Gasteiger partial charge is 0.259 e. The molecule has 0 spiro atoms. The van der Waals surface area contributed by atoms with Crippen molar-refractivity contribution >= 4 is 38.9 Å². The van der Waals surface area contributed by atoms with E-state index in [0.717, 1.165) is 17.7 Å². The van der Waals surface area contributed by atoms with Crippen molar-refractivity contribution in [2.45, 2.75) is 45.2 Å². The predicted octanol–water partition coefficient (Wildman–Crippen LogP) is 3.88. The Hall–Kier alpha value is -2.16. The molecule has 0 unspecified atom stereocenters. The molecule has 1 fully saturated rings. The van der Waals surface area contributed by atoms with Crippen LogP contribution in [0.5, 0.6) is 0 Å². The van der Waals surface area contributed by atoms with Crippen LogP contribution in [0, 0.1) is 0 Å². The van der Waals surface area contributed by atoms with Crippen molar-refractivity contribution in [2.75, 3.05) is 35.7 Å². The molecule has 4 rings (SSSR count). The van der Waals surface area contributed by atoms with Crippen molar-refractivity contribution in [3.05, 3.63) is 52.8 Å². The predicted molar refractivity (Wildman–Crippen MR) is 128 cm³/mol. The zero-order chi connectivity index (χ0) is 23.3. The van der Waals surface area contributed by atoms with Gasteiger partial charge in [0.05, 0.1) is 35.1 Å². The highest BCUT2D eigenvalue weighted by atomic mass is 35.5. The van der Waals surface area contributed by atoms with Crippen LogP contribution < -0.4 is 9.80 Å². The maximum absolute atomic E-state index is 13.2. The number of nitrogens with zero attached hydrogens (tertiary/aromatic N) is 4. The summed E-state index contributed by atoms with van der Waals surface area (Å²) >= 11 is 6.20. The highest BCUT2D eigenvalue weighted by molar-refractivity contribution is 7.89. The summed E-state index contributed by atoms with van der Waals surface area (Å²) < 4.78 is 26.5. The van der Waals surface area contributed by atoms with E-state index in [1.807, 2.05) is 40.0 Å². The fourth-order valence-corrected chi connectivity index (χ4v) is 6.48. The Morgan fingerprint density at radius 2 is 2.00 bits per heavy atom. The number of fused-ring (bicyclic) bond motifs is 1. The molecule has 1 aromatic carbocycles. The number of amides is 1. The van der Waals surface area contributed by atoms with Gasteiger partial charge in [-0.15, -0.1) is 0 Å². The van der Waals surface area contributed by atoms with Gasteiger partial charge in [0.2, 0.25) is 10.0 Å². The van der Waals surface area contributed by atoms with Crippen LogP contribution in [0.15, 0.2) is 36.7 Å². The number of hydrogen-bond acceptors (Lipinski definition) is 5. The quantitative estimate of drug-likeness (QED) is 0.632. The van der Waals surface area contributed by atoms with Crippen LogP contribution in [-0.2, 0) is 15.6 Å². The summed E-state index contributed by atoms with van der Waals surface area (Å²) in [5.74, 6) is 0.0953. The van der Waals surface area contributed by atoms with E-state index in [4.69, 9.17) is 11.6 Å². The van der Waals surface area contributed by atoms with E-state index in [1.165, 1.54) is 0 Å². The fraction of sp³-hybridized carbons (Fsp3) is 0.478. The molecule has 2 aliphatic heterocycles. The molecule has 1 amide bonds. The molecule has 0 bridgehead atoms. The molecule has 0 radical (unpaired) electrons. The lowest BCUT2D eigenvalue weighted by atomic mass is 9.93. The number of pyridine rings is 1. The van der Waals surface area contributed by atoms with Gasteiger partial charge in [-0.2, -0.15) is 4.31 Å². The van der Waals surface area contributed by atoms with Crippen LogP contribution in [0.3, 0.4) is 0 Å². The second kappa shape index (κ2) is 8.32. The summed E-state index contributed by atoms with van der Waals surface area (Å²) in [6.07, 6.45) is 4.81. The third kappa shape index (κ3) is 3.89. The molecule has 1 atom stereocenters. The average molecular weight is 477 g/mol. The monoisotopic (exact) mass is 476 g/mol. The summed E-state index contributed by atoms with van der Waals surface area (Å²) in [5, 5.41) is 0.599. The van der Waals surface area contributed by atoms with Crippen LogP contribution in [0.25, 0.3) is 0 Å². The second-order valence-corrected chi connectivity index (χ2v) is 11.5. The lowest BCUT2D eigenvalue weighted by molar-refractivity contribution is 0.0982. The molecule has 2 aromatic rings. The maximum Gasteiger partial charge on any atom is 0.259 e. The highest BCUT2D eigenvalue weighted by Crippen LogP contribution is 2.43. The number of aromatic nitrogens is 1. The second-order valence-electron chi connectivity index (χ2n) is 9.02. The van der Waals surface area contributed by atoms with E-state index >= 15 is 0 Å². The molecular formula is C23H29ClN4O3S. The average Bonchev–Trinajstić information content (AvgIpc) is 3.30. The van der Waals surface area contributed by atoms with Crippen LogP contribution in [0.4, 0.5) is 11.4 Å². The number of rotatable bonds is 6. The topological polar surface area (TPSA) is 73.8 Å². The molecule has 2 aliphatic rings. The lowest BCUT2D eigenvalue weighted by Gasteiger charge is -2.33. The fourth-order valence-electron chi connectivity index (χ4n) is 4.75. The van der Waals surface area contributed by atoms with E-state index in [-0.39, 0.29) is 17.7 Å². The Labute approximate surface area is 195 Å². The van der Waals surface area contributed by atoms with Crippen molar-refractivity contribution in [1.82, 2.24) is 9.29 Å². The van der Waals surface area contributed by atoms with Gasteiger partial charge < -0.3 is 4.90 Å². The third-order valence-electron chi connectivity index (χ3n) is 6.54. The van der Waals surface area contributed by atoms with Gasteiger partial charge >= 0.3 is 0 Å². The Bertz CT molecular complexity index is 1150. The molecule has 9 heteroatoms. The number of anilines is 2. The number of halogens is 1. The first-order valence-corrected chi connectivity index (χ1v) is 12.8. The molecule has 3 heterocycles. The molecule has 1 aromatic heterocycles. The zero-order valence-corrected chi connectivity index (χ0v) is 20.4. The number of benzene rings is 1. The Morgan fingerprint density at radius 1 is 1.25 bits per heavy atom. The van der Waals surface area contributed by atoms with Gasteiger partial charge in [-0.25, -0.2) is 8.42 Å². The molecule has 0 N–H and O–H groups in total. The largest absolute Gasteiger partial charge is 0.369 e. The van der Waals surface area contributed by atoms with Crippen molar-refractivity contribution in [2.24, 2.45) is 0 Å². The van der Waals surface area contributed by atoms with Crippen LogP contribution in [-0.4, -0.2) is 55.5 Å². The van der Waals surface area contributed by atoms with Crippen molar-refractivity contribution in [3.8, 4) is 0 Å². The lowest BCUT2D eigenvalue weighted by Crippen LogP contribution is -2.40. The minimum atomic E-state index is -3.21. The van der Waals surface area contributed by atoms with Crippen LogP contribution in [0.1, 0.15) is 49.5 Å². The van der Waals surface area contributed by atoms with E-state index in [1.54, 1.807) is 33.7 Å². The Kier molecular flexibility index (Phi) is 5.98. The first kappa shape index (κ1) is 23.0. The zero-order valence-electron chi connectivity index (χ0n) is 18.9. The van der Waals surface area contributed by atoms with Gasteiger partial charge in [0, 0.05) is 36.8 Å². The first-order chi connectivity index (χ1) is 15.1.